The largest absolute Gasteiger partial charge is 0.468 e. The van der Waals surface area contributed by atoms with Crippen LogP contribution in [0.2, 0.25) is 0 Å². The van der Waals surface area contributed by atoms with Gasteiger partial charge in [-0.1, -0.05) is 0 Å². The molecular formula is C10H12N2O5S. The Morgan fingerprint density at radius 1 is 1.28 bits per heavy atom. The van der Waals surface area contributed by atoms with E-state index in [1.807, 2.05) is 0 Å². The number of nitrogens with zero attached hydrogens (tertiary/aromatic N) is 1. The zero-order chi connectivity index (χ0) is 13.7. The molecule has 0 bridgehead atoms. The summed E-state index contributed by atoms with van der Waals surface area (Å²) in [5, 5.41) is 2.34. The Balaban J connectivity index is 2.88. The highest BCUT2D eigenvalue weighted by molar-refractivity contribution is 7.08. The van der Waals surface area contributed by atoms with Crippen LogP contribution in [0.4, 0.5) is 0 Å². The molecule has 0 saturated heterocycles. The maximum atomic E-state index is 11.8. The summed E-state index contributed by atoms with van der Waals surface area (Å²) in [7, 11) is 2.43. The number of aryl methyl sites for hydroxylation is 1. The van der Waals surface area contributed by atoms with Gasteiger partial charge < -0.3 is 14.8 Å². The van der Waals surface area contributed by atoms with Crippen molar-refractivity contribution < 1.29 is 23.9 Å². The first-order valence-electron chi connectivity index (χ1n) is 4.90. The molecular weight excluding hydrogens is 260 g/mol. The van der Waals surface area contributed by atoms with E-state index >= 15 is 0 Å². The average molecular weight is 272 g/mol. The van der Waals surface area contributed by atoms with Gasteiger partial charge in [0.1, 0.15) is 11.4 Å². The smallest absolute Gasteiger partial charge is 0.350 e. The fraction of sp³-hybridized carbons (Fsp3) is 0.400. The minimum absolute atomic E-state index is 0.109. The molecule has 1 heterocycles. The number of hydrogen-bond donors (Lipinski definition) is 1. The predicted molar refractivity (Wildman–Crippen MR) is 62.5 cm³/mol. The number of esters is 2. The van der Waals surface area contributed by atoms with Gasteiger partial charge in [-0.05, 0) is 18.5 Å². The van der Waals surface area contributed by atoms with Crippen LogP contribution in [0.5, 0.6) is 0 Å². The highest BCUT2D eigenvalue weighted by Gasteiger charge is 2.24. The molecule has 8 heteroatoms. The van der Waals surface area contributed by atoms with Crippen LogP contribution in [0, 0.1) is 6.92 Å². The van der Waals surface area contributed by atoms with E-state index in [2.05, 4.69) is 19.2 Å². The third-order valence-corrected chi connectivity index (χ3v) is 3.00. The lowest BCUT2D eigenvalue weighted by Crippen LogP contribution is -2.31. The molecule has 7 nitrogen and oxygen atoms in total. The van der Waals surface area contributed by atoms with Gasteiger partial charge in [0, 0.05) is 0 Å². The molecule has 0 saturated carbocycles. The lowest BCUT2D eigenvalue weighted by molar-refractivity contribution is -0.139. The van der Waals surface area contributed by atoms with Crippen LogP contribution in [-0.2, 0) is 14.3 Å². The van der Waals surface area contributed by atoms with Crippen molar-refractivity contribution in [3.05, 3.63) is 16.1 Å². The molecule has 98 valence electrons. The summed E-state index contributed by atoms with van der Waals surface area (Å²) in [5.41, 5.74) is 0.526. The zero-order valence-corrected chi connectivity index (χ0v) is 10.9. The first-order chi connectivity index (χ1) is 8.51. The highest BCUT2D eigenvalue weighted by atomic mass is 32.1. The molecule has 0 aliphatic carbocycles. The van der Waals surface area contributed by atoms with Crippen LogP contribution in [0.15, 0.2) is 0 Å². The maximum absolute atomic E-state index is 11.8. The molecule has 0 radical (unpaired) electrons. The fourth-order valence-electron chi connectivity index (χ4n) is 1.18. The van der Waals surface area contributed by atoms with Gasteiger partial charge in [-0.3, -0.25) is 9.59 Å². The number of carbonyl (C=O) groups is 3. The number of hydrogen-bond acceptors (Lipinski definition) is 7. The predicted octanol–water partition coefficient (Wildman–Crippen LogP) is 0.141. The molecule has 0 aliphatic heterocycles. The van der Waals surface area contributed by atoms with E-state index in [-0.39, 0.29) is 17.0 Å². The zero-order valence-electron chi connectivity index (χ0n) is 10.1. The van der Waals surface area contributed by atoms with Crippen molar-refractivity contribution in [2.75, 3.05) is 20.8 Å². The van der Waals surface area contributed by atoms with E-state index < -0.39 is 17.8 Å². The SMILES string of the molecule is COC(=O)CNC(=O)c1c(C)nsc1C(=O)OC. The summed E-state index contributed by atoms with van der Waals surface area (Å²) in [6.07, 6.45) is 0. The first-order valence-corrected chi connectivity index (χ1v) is 5.68. The van der Waals surface area contributed by atoms with Gasteiger partial charge in [-0.15, -0.1) is 0 Å². The topological polar surface area (TPSA) is 94.6 Å². The average Bonchev–Trinajstić information content (AvgIpc) is 2.76. The lowest BCUT2D eigenvalue weighted by Gasteiger charge is -2.04. The Bertz CT molecular complexity index is 483. The van der Waals surface area contributed by atoms with Crippen molar-refractivity contribution in [1.82, 2.24) is 9.69 Å². The molecule has 0 spiro atoms. The number of methoxy groups -OCH3 is 2. The number of amides is 1. The maximum Gasteiger partial charge on any atom is 0.350 e. The van der Waals surface area contributed by atoms with E-state index in [0.717, 1.165) is 11.5 Å². The monoisotopic (exact) mass is 272 g/mol. The number of rotatable bonds is 4. The Hall–Kier alpha value is -1.96. The summed E-state index contributed by atoms with van der Waals surface area (Å²) < 4.78 is 12.9. The van der Waals surface area contributed by atoms with Crippen molar-refractivity contribution >= 4 is 29.4 Å². The van der Waals surface area contributed by atoms with E-state index in [4.69, 9.17) is 0 Å². The Labute approximate surface area is 107 Å². The van der Waals surface area contributed by atoms with Crippen LogP contribution < -0.4 is 5.32 Å². The fourth-order valence-corrected chi connectivity index (χ4v) is 1.99. The molecule has 1 rings (SSSR count). The third kappa shape index (κ3) is 3.04. The summed E-state index contributed by atoms with van der Waals surface area (Å²) >= 11 is 0.876. The minimum Gasteiger partial charge on any atom is -0.468 e. The Morgan fingerprint density at radius 3 is 2.50 bits per heavy atom. The minimum atomic E-state index is -0.635. The highest BCUT2D eigenvalue weighted by Crippen LogP contribution is 2.19. The molecule has 1 aromatic rings. The third-order valence-electron chi connectivity index (χ3n) is 2.08. The summed E-state index contributed by atoms with van der Waals surface area (Å²) in [6, 6.07) is 0. The number of nitrogens with one attached hydrogen (secondary N) is 1. The van der Waals surface area contributed by atoms with Crippen molar-refractivity contribution in [1.29, 1.82) is 0 Å². The summed E-state index contributed by atoms with van der Waals surface area (Å²) in [6.45, 7) is 1.32. The standard InChI is InChI=1S/C10H12N2O5S/c1-5-7(8(18-12-5)10(15)17-3)9(14)11-4-6(13)16-2/h4H2,1-3H3,(H,11,14). The normalized spacial score (nSPS) is 9.72. The van der Waals surface area contributed by atoms with Gasteiger partial charge in [-0.25, -0.2) is 4.79 Å². The molecule has 0 atom stereocenters. The van der Waals surface area contributed by atoms with Gasteiger partial charge in [0.25, 0.3) is 5.91 Å². The van der Waals surface area contributed by atoms with Crippen LogP contribution in [-0.4, -0.2) is 43.0 Å². The van der Waals surface area contributed by atoms with Crippen LogP contribution in [0.3, 0.4) is 0 Å². The molecule has 0 aromatic carbocycles. The van der Waals surface area contributed by atoms with E-state index in [1.165, 1.54) is 14.2 Å². The van der Waals surface area contributed by atoms with Crippen molar-refractivity contribution in [3.8, 4) is 0 Å². The molecule has 0 unspecified atom stereocenters. The van der Waals surface area contributed by atoms with Crippen LogP contribution in [0.1, 0.15) is 25.7 Å². The Kier molecular flexibility index (Phi) is 4.78. The second-order valence-electron chi connectivity index (χ2n) is 3.22. The number of ether oxygens (including phenoxy) is 2. The van der Waals surface area contributed by atoms with Gasteiger partial charge in [0.2, 0.25) is 0 Å². The Morgan fingerprint density at radius 2 is 1.94 bits per heavy atom. The van der Waals surface area contributed by atoms with Gasteiger partial charge >= 0.3 is 11.9 Å². The van der Waals surface area contributed by atoms with Crippen LogP contribution >= 0.6 is 11.5 Å². The van der Waals surface area contributed by atoms with E-state index in [9.17, 15) is 14.4 Å². The molecule has 18 heavy (non-hydrogen) atoms. The second-order valence-corrected chi connectivity index (χ2v) is 4.00. The van der Waals surface area contributed by atoms with Gasteiger partial charge in [0.05, 0.1) is 25.5 Å². The van der Waals surface area contributed by atoms with E-state index in [0.29, 0.717) is 5.69 Å². The molecule has 1 aromatic heterocycles. The lowest BCUT2D eigenvalue weighted by atomic mass is 10.2. The van der Waals surface area contributed by atoms with Gasteiger partial charge in [-0.2, -0.15) is 4.37 Å². The summed E-state index contributed by atoms with van der Waals surface area (Å²) in [5.74, 6) is -1.78. The molecule has 0 aliphatic rings. The van der Waals surface area contributed by atoms with Crippen molar-refractivity contribution in [2.24, 2.45) is 0 Å². The van der Waals surface area contributed by atoms with Gasteiger partial charge in [0.15, 0.2) is 0 Å². The quantitative estimate of drug-likeness (QED) is 0.783. The van der Waals surface area contributed by atoms with Crippen molar-refractivity contribution in [3.63, 3.8) is 0 Å². The van der Waals surface area contributed by atoms with E-state index in [1.54, 1.807) is 6.92 Å². The molecule has 1 amide bonds. The first kappa shape index (κ1) is 14.1. The summed E-state index contributed by atoms with van der Waals surface area (Å²) in [4.78, 5) is 34.3. The van der Waals surface area contributed by atoms with Crippen molar-refractivity contribution in [2.45, 2.75) is 6.92 Å². The molecule has 0 fully saturated rings. The molecule has 1 N–H and O–H groups in total. The number of aromatic nitrogens is 1. The second kappa shape index (κ2) is 6.10. The van der Waals surface area contributed by atoms with Crippen LogP contribution in [0.25, 0.3) is 0 Å². The number of carbonyl (C=O) groups excluding carboxylic acids is 3.